The fraction of sp³-hybridized carbons (Fsp3) is 0.200. The van der Waals surface area contributed by atoms with E-state index in [9.17, 15) is 17.2 Å². The van der Waals surface area contributed by atoms with Gasteiger partial charge in [-0.2, -0.15) is 8.78 Å². The average molecular weight is 311 g/mol. The molecule has 0 aliphatic rings. The molecule has 0 fully saturated rings. The Labute approximate surface area is 122 Å². The summed E-state index contributed by atoms with van der Waals surface area (Å²) in [5, 5.41) is 2.91. The lowest BCUT2D eigenvalue weighted by Crippen LogP contribution is -2.14. The van der Waals surface area contributed by atoms with E-state index in [1.54, 1.807) is 6.07 Å². The molecule has 0 amide bonds. The van der Waals surface area contributed by atoms with Gasteiger partial charge in [0.15, 0.2) is 0 Å². The second-order valence-corrected chi connectivity index (χ2v) is 6.53. The molecule has 0 aromatic heterocycles. The van der Waals surface area contributed by atoms with Crippen LogP contribution in [0.5, 0.6) is 0 Å². The molecular formula is C15H15F2NO2S. The van der Waals surface area contributed by atoms with E-state index in [4.69, 9.17) is 0 Å². The summed E-state index contributed by atoms with van der Waals surface area (Å²) < 4.78 is 48.6. The van der Waals surface area contributed by atoms with Gasteiger partial charge in [-0.1, -0.05) is 42.0 Å². The van der Waals surface area contributed by atoms with Crippen LogP contribution in [0.2, 0.25) is 0 Å². The van der Waals surface area contributed by atoms with Gasteiger partial charge in [0.05, 0.1) is 10.6 Å². The van der Waals surface area contributed by atoms with Gasteiger partial charge in [-0.15, -0.1) is 0 Å². The van der Waals surface area contributed by atoms with Crippen molar-refractivity contribution in [2.24, 2.45) is 0 Å². The third kappa shape index (κ3) is 3.58. The van der Waals surface area contributed by atoms with Crippen molar-refractivity contribution >= 4 is 15.5 Å². The molecule has 2 rings (SSSR count). The van der Waals surface area contributed by atoms with Gasteiger partial charge < -0.3 is 5.32 Å². The van der Waals surface area contributed by atoms with Crippen LogP contribution in [-0.4, -0.2) is 14.2 Å². The summed E-state index contributed by atoms with van der Waals surface area (Å²) in [5.41, 5.74) is 2.20. The van der Waals surface area contributed by atoms with E-state index in [1.165, 1.54) is 18.2 Å². The molecule has 1 N–H and O–H groups in total. The van der Waals surface area contributed by atoms with E-state index < -0.39 is 15.6 Å². The highest BCUT2D eigenvalue weighted by Crippen LogP contribution is 2.26. The number of nitrogens with one attached hydrogen (secondary N) is 1. The van der Waals surface area contributed by atoms with Gasteiger partial charge in [0.2, 0.25) is 9.84 Å². The second kappa shape index (κ2) is 6.22. The van der Waals surface area contributed by atoms with Gasteiger partial charge in [0, 0.05) is 6.54 Å². The van der Waals surface area contributed by atoms with Crippen molar-refractivity contribution in [3.63, 3.8) is 0 Å². The highest BCUT2D eigenvalue weighted by molar-refractivity contribution is 7.91. The van der Waals surface area contributed by atoms with E-state index in [2.05, 4.69) is 5.32 Å². The number of anilines is 1. The minimum absolute atomic E-state index is 0.180. The summed E-state index contributed by atoms with van der Waals surface area (Å²) in [6.07, 6.45) is 0. The van der Waals surface area contributed by atoms with Crippen LogP contribution in [0.15, 0.2) is 53.4 Å². The van der Waals surface area contributed by atoms with Crippen LogP contribution in [0, 0.1) is 6.92 Å². The number of sulfone groups is 1. The minimum Gasteiger partial charge on any atom is -0.380 e. The van der Waals surface area contributed by atoms with Crippen molar-refractivity contribution in [3.8, 4) is 0 Å². The first-order valence-corrected chi connectivity index (χ1v) is 7.86. The lowest BCUT2D eigenvalue weighted by molar-refractivity contribution is 0.235. The van der Waals surface area contributed by atoms with Crippen LogP contribution >= 0.6 is 0 Å². The Morgan fingerprint density at radius 3 is 2.48 bits per heavy atom. The van der Waals surface area contributed by atoms with Crippen LogP contribution in [0.4, 0.5) is 14.5 Å². The van der Waals surface area contributed by atoms with Crippen LogP contribution < -0.4 is 5.32 Å². The maximum atomic E-state index is 12.7. The third-order valence-corrected chi connectivity index (χ3v) is 4.43. The number of hydrogen-bond acceptors (Lipinski definition) is 3. The molecule has 0 radical (unpaired) electrons. The summed E-state index contributed by atoms with van der Waals surface area (Å²) in [6, 6.07) is 13.3. The first-order valence-electron chi connectivity index (χ1n) is 6.32. The van der Waals surface area contributed by atoms with Crippen LogP contribution in [-0.2, 0) is 16.4 Å². The van der Waals surface area contributed by atoms with Crippen molar-refractivity contribution in [2.75, 3.05) is 5.32 Å². The quantitative estimate of drug-likeness (QED) is 0.917. The average Bonchev–Trinajstić information content (AvgIpc) is 2.45. The summed E-state index contributed by atoms with van der Waals surface area (Å²) in [5.74, 6) is -3.43. The molecule has 0 atom stereocenters. The van der Waals surface area contributed by atoms with E-state index in [-0.39, 0.29) is 10.6 Å². The van der Waals surface area contributed by atoms with Crippen LogP contribution in [0.25, 0.3) is 0 Å². The lowest BCUT2D eigenvalue weighted by atomic mass is 10.1. The molecule has 0 bridgehead atoms. The predicted octanol–water partition coefficient (Wildman–Crippen LogP) is 3.60. The molecule has 0 aliphatic carbocycles. The number of rotatable bonds is 5. The molecule has 6 heteroatoms. The summed E-state index contributed by atoms with van der Waals surface area (Å²) in [7, 11) is -4.62. The molecule has 0 heterocycles. The fourth-order valence-electron chi connectivity index (χ4n) is 1.98. The SMILES string of the molecule is Cc1cccc(CNc2ccccc2S(=O)(=O)C(F)F)c1. The number of benzene rings is 2. The molecule has 0 saturated carbocycles. The van der Waals surface area contributed by atoms with Gasteiger partial charge in [-0.05, 0) is 24.6 Å². The van der Waals surface area contributed by atoms with Crippen LogP contribution in [0.3, 0.4) is 0 Å². The zero-order valence-corrected chi connectivity index (χ0v) is 12.2. The smallest absolute Gasteiger partial charge is 0.341 e. The highest BCUT2D eigenvalue weighted by atomic mass is 32.2. The zero-order valence-electron chi connectivity index (χ0n) is 11.4. The van der Waals surface area contributed by atoms with E-state index >= 15 is 0 Å². The molecule has 112 valence electrons. The first kappa shape index (κ1) is 15.4. The summed E-state index contributed by atoms with van der Waals surface area (Å²) in [4.78, 5) is -0.382. The maximum Gasteiger partial charge on any atom is 0.341 e. The molecule has 0 saturated heterocycles. The van der Waals surface area contributed by atoms with Crippen molar-refractivity contribution in [1.29, 1.82) is 0 Å². The Balaban J connectivity index is 2.26. The molecule has 2 aromatic carbocycles. The monoisotopic (exact) mass is 311 g/mol. The molecule has 0 aliphatic heterocycles. The van der Waals surface area contributed by atoms with Crippen molar-refractivity contribution in [3.05, 3.63) is 59.7 Å². The van der Waals surface area contributed by atoms with Gasteiger partial charge >= 0.3 is 5.76 Å². The van der Waals surface area contributed by atoms with E-state index in [1.807, 2.05) is 31.2 Å². The number of alkyl halides is 2. The third-order valence-electron chi connectivity index (χ3n) is 2.99. The van der Waals surface area contributed by atoms with Gasteiger partial charge in [-0.3, -0.25) is 0 Å². The Morgan fingerprint density at radius 2 is 1.81 bits per heavy atom. The number of hydrogen-bond donors (Lipinski definition) is 1. The highest BCUT2D eigenvalue weighted by Gasteiger charge is 2.28. The maximum absolute atomic E-state index is 12.7. The lowest BCUT2D eigenvalue weighted by Gasteiger charge is -2.12. The molecule has 0 spiro atoms. The number of halogens is 2. The van der Waals surface area contributed by atoms with Crippen molar-refractivity contribution in [2.45, 2.75) is 24.1 Å². The normalized spacial score (nSPS) is 11.6. The Morgan fingerprint density at radius 1 is 1.10 bits per heavy atom. The van der Waals surface area contributed by atoms with Gasteiger partial charge in [0.1, 0.15) is 0 Å². The fourth-order valence-corrected chi connectivity index (χ4v) is 2.88. The zero-order chi connectivity index (χ0) is 15.5. The van der Waals surface area contributed by atoms with E-state index in [0.29, 0.717) is 6.54 Å². The number of para-hydroxylation sites is 1. The molecular weight excluding hydrogens is 296 g/mol. The predicted molar refractivity (Wildman–Crippen MR) is 78.1 cm³/mol. The van der Waals surface area contributed by atoms with Crippen molar-refractivity contribution < 1.29 is 17.2 Å². The Kier molecular flexibility index (Phi) is 4.57. The topological polar surface area (TPSA) is 46.2 Å². The van der Waals surface area contributed by atoms with Crippen molar-refractivity contribution in [1.82, 2.24) is 0 Å². The molecule has 21 heavy (non-hydrogen) atoms. The number of aryl methyl sites for hydroxylation is 1. The van der Waals surface area contributed by atoms with Gasteiger partial charge in [0.25, 0.3) is 0 Å². The van der Waals surface area contributed by atoms with Gasteiger partial charge in [-0.25, -0.2) is 8.42 Å². The second-order valence-electron chi connectivity index (χ2n) is 4.64. The minimum atomic E-state index is -4.62. The Bertz CT molecular complexity index is 730. The summed E-state index contributed by atoms with van der Waals surface area (Å²) in [6.45, 7) is 2.30. The molecule has 2 aromatic rings. The first-order chi connectivity index (χ1) is 9.91. The largest absolute Gasteiger partial charge is 0.380 e. The summed E-state index contributed by atoms with van der Waals surface area (Å²) >= 11 is 0. The van der Waals surface area contributed by atoms with E-state index in [0.717, 1.165) is 11.1 Å². The molecule has 0 unspecified atom stereocenters. The molecule has 3 nitrogen and oxygen atoms in total. The van der Waals surface area contributed by atoms with Crippen LogP contribution in [0.1, 0.15) is 11.1 Å². The standard InChI is InChI=1S/C15H15F2NO2S/c1-11-5-4-6-12(9-11)10-18-13-7-2-3-8-14(13)21(19,20)15(16)17/h2-9,15,18H,10H2,1H3. The Hall–Kier alpha value is -1.95.